The van der Waals surface area contributed by atoms with Gasteiger partial charge in [-0.2, -0.15) is 0 Å². The molecule has 0 spiro atoms. The van der Waals surface area contributed by atoms with Gasteiger partial charge in [0.15, 0.2) is 5.75 Å². The van der Waals surface area contributed by atoms with Crippen LogP contribution in [-0.2, 0) is 0 Å². The largest absolute Gasteiger partial charge is 0.505 e. The van der Waals surface area contributed by atoms with Gasteiger partial charge in [0.1, 0.15) is 0 Å². The fourth-order valence-electron chi connectivity index (χ4n) is 0.739. The number of rotatable bonds is 2. The number of anilines is 1. The molecule has 0 unspecified atom stereocenters. The van der Waals surface area contributed by atoms with Crippen molar-refractivity contribution < 1.29 is 5.11 Å². The van der Waals surface area contributed by atoms with Gasteiger partial charge in [-0.25, -0.2) is 0 Å². The molecule has 0 heterocycles. The molecule has 1 rings (SSSR count). The molecule has 1 aromatic rings. The van der Waals surface area contributed by atoms with Crippen LogP contribution in [0.4, 0.5) is 5.69 Å². The van der Waals surface area contributed by atoms with Crippen molar-refractivity contribution in [2.24, 2.45) is 0 Å². The topological polar surface area (TPSA) is 32.3 Å². The lowest BCUT2D eigenvalue weighted by atomic mass is 10.3. The maximum Gasteiger partial charge on any atom is 0.153 e. The average Bonchev–Trinajstić information content (AvgIpc) is 2.00. The Bertz CT molecular complexity index is 317. The van der Waals surface area contributed by atoms with Crippen LogP contribution in [0.1, 0.15) is 0 Å². The van der Waals surface area contributed by atoms with Crippen LogP contribution in [0.25, 0.3) is 0 Å². The van der Waals surface area contributed by atoms with Crippen molar-refractivity contribution in [3.8, 4) is 5.75 Å². The Hall–Kier alpha value is -0.130. The van der Waals surface area contributed by atoms with E-state index >= 15 is 0 Å². The maximum atomic E-state index is 9.46. The SMILES string of the molecule is Oc1c(Br)cc(Br)cc1NC=S. The van der Waals surface area contributed by atoms with Crippen LogP contribution < -0.4 is 5.32 Å². The number of hydrogen-bond acceptors (Lipinski definition) is 2. The van der Waals surface area contributed by atoms with Gasteiger partial charge in [-0.15, -0.1) is 0 Å². The molecule has 0 atom stereocenters. The van der Waals surface area contributed by atoms with Crippen molar-refractivity contribution in [2.75, 3.05) is 5.32 Å². The molecule has 0 bridgehead atoms. The zero-order chi connectivity index (χ0) is 9.14. The minimum absolute atomic E-state index is 0.152. The molecule has 0 aliphatic rings. The summed E-state index contributed by atoms with van der Waals surface area (Å²) in [4.78, 5) is 0. The molecule has 5 heteroatoms. The number of phenols is 1. The molecule has 64 valence electrons. The smallest absolute Gasteiger partial charge is 0.153 e. The van der Waals surface area contributed by atoms with Gasteiger partial charge in [-0.3, -0.25) is 0 Å². The van der Waals surface area contributed by atoms with Gasteiger partial charge < -0.3 is 10.4 Å². The van der Waals surface area contributed by atoms with E-state index in [4.69, 9.17) is 0 Å². The van der Waals surface area contributed by atoms with Gasteiger partial charge >= 0.3 is 0 Å². The van der Waals surface area contributed by atoms with Crippen LogP contribution in [0.3, 0.4) is 0 Å². The van der Waals surface area contributed by atoms with E-state index in [0.29, 0.717) is 10.2 Å². The second kappa shape index (κ2) is 4.20. The minimum atomic E-state index is 0.152. The molecule has 2 N–H and O–H groups in total. The summed E-state index contributed by atoms with van der Waals surface area (Å²) in [5.41, 5.74) is 1.92. The Labute approximate surface area is 92.2 Å². The standard InChI is InChI=1S/C7H5Br2NOS/c8-4-1-5(9)7(11)6(2-4)10-3-12/h1-3,11H,(H,10,12). The van der Waals surface area contributed by atoms with Crippen LogP contribution >= 0.6 is 44.1 Å². The van der Waals surface area contributed by atoms with Crippen molar-refractivity contribution in [3.05, 3.63) is 21.1 Å². The monoisotopic (exact) mass is 309 g/mol. The fraction of sp³-hybridized carbons (Fsp3) is 0. The first-order chi connectivity index (χ1) is 5.65. The third-order valence-corrected chi connectivity index (χ3v) is 2.42. The van der Waals surface area contributed by atoms with E-state index in [1.165, 1.54) is 5.49 Å². The summed E-state index contributed by atoms with van der Waals surface area (Å²) in [6.45, 7) is 0. The highest BCUT2D eigenvalue weighted by Crippen LogP contribution is 2.34. The summed E-state index contributed by atoms with van der Waals surface area (Å²) in [6.07, 6.45) is 0. The molecule has 0 saturated heterocycles. The molecule has 12 heavy (non-hydrogen) atoms. The van der Waals surface area contributed by atoms with Gasteiger partial charge in [-0.1, -0.05) is 28.1 Å². The third kappa shape index (κ3) is 2.18. The maximum absolute atomic E-state index is 9.46. The van der Waals surface area contributed by atoms with E-state index in [-0.39, 0.29) is 5.75 Å². The number of hydrogen-bond donors (Lipinski definition) is 2. The molecule has 0 amide bonds. The van der Waals surface area contributed by atoms with Crippen LogP contribution in [0, 0.1) is 0 Å². The molecule has 1 aromatic carbocycles. The lowest BCUT2D eigenvalue weighted by Gasteiger charge is -2.05. The lowest BCUT2D eigenvalue weighted by molar-refractivity contribution is 0.474. The molecule has 0 saturated carbocycles. The van der Waals surface area contributed by atoms with Gasteiger partial charge in [0.2, 0.25) is 0 Å². The second-order valence-electron chi connectivity index (χ2n) is 2.05. The zero-order valence-electron chi connectivity index (χ0n) is 5.84. The molecule has 0 fully saturated rings. The Morgan fingerprint density at radius 1 is 1.42 bits per heavy atom. The second-order valence-corrected chi connectivity index (χ2v) is 4.05. The molecule has 0 radical (unpaired) electrons. The highest BCUT2D eigenvalue weighted by molar-refractivity contribution is 9.11. The number of thiocarbonyl (C=S) groups is 1. The molecule has 2 nitrogen and oxygen atoms in total. The first kappa shape index (κ1) is 9.95. The van der Waals surface area contributed by atoms with Gasteiger partial charge in [0, 0.05) is 4.47 Å². The number of phenolic OH excluding ortho intramolecular Hbond substituents is 1. The quantitative estimate of drug-likeness (QED) is 0.649. The van der Waals surface area contributed by atoms with Gasteiger partial charge in [0.05, 0.1) is 15.7 Å². The van der Waals surface area contributed by atoms with E-state index < -0.39 is 0 Å². The van der Waals surface area contributed by atoms with E-state index in [0.717, 1.165) is 4.47 Å². The zero-order valence-corrected chi connectivity index (χ0v) is 9.83. The Kier molecular flexibility index (Phi) is 3.49. The number of aromatic hydroxyl groups is 1. The van der Waals surface area contributed by atoms with E-state index in [1.807, 2.05) is 0 Å². The molecule has 0 aliphatic carbocycles. The van der Waals surface area contributed by atoms with Crippen LogP contribution in [0.5, 0.6) is 5.75 Å². The van der Waals surface area contributed by atoms with Crippen LogP contribution in [-0.4, -0.2) is 10.6 Å². The first-order valence-corrected chi connectivity index (χ1v) is 5.09. The van der Waals surface area contributed by atoms with E-state index in [2.05, 4.69) is 49.4 Å². The summed E-state index contributed by atoms with van der Waals surface area (Å²) in [5, 5.41) is 12.2. The average molecular weight is 311 g/mol. The van der Waals surface area contributed by atoms with Crippen molar-refractivity contribution in [1.82, 2.24) is 0 Å². The molecular formula is C7H5Br2NOS. The van der Waals surface area contributed by atoms with Gasteiger partial charge in [-0.05, 0) is 28.1 Å². The highest BCUT2D eigenvalue weighted by Gasteiger charge is 2.05. The highest BCUT2D eigenvalue weighted by atomic mass is 79.9. The molecule has 0 aliphatic heterocycles. The first-order valence-electron chi connectivity index (χ1n) is 3.03. The Balaban J connectivity index is 3.17. The van der Waals surface area contributed by atoms with Crippen LogP contribution in [0.2, 0.25) is 0 Å². The molecular weight excluding hydrogens is 306 g/mol. The number of nitrogens with one attached hydrogen (secondary N) is 1. The van der Waals surface area contributed by atoms with Crippen molar-refractivity contribution >= 4 is 55.3 Å². The summed E-state index contributed by atoms with van der Waals surface area (Å²) in [6, 6.07) is 3.49. The summed E-state index contributed by atoms with van der Waals surface area (Å²) < 4.78 is 1.49. The van der Waals surface area contributed by atoms with Crippen molar-refractivity contribution in [1.29, 1.82) is 0 Å². The summed E-state index contributed by atoms with van der Waals surface area (Å²) in [7, 11) is 0. The van der Waals surface area contributed by atoms with Crippen molar-refractivity contribution in [2.45, 2.75) is 0 Å². The minimum Gasteiger partial charge on any atom is -0.505 e. The van der Waals surface area contributed by atoms with E-state index in [1.54, 1.807) is 12.1 Å². The predicted octanol–water partition coefficient (Wildman–Crippen LogP) is 3.29. The van der Waals surface area contributed by atoms with Crippen molar-refractivity contribution in [3.63, 3.8) is 0 Å². The summed E-state index contributed by atoms with van der Waals surface area (Å²) >= 11 is 11.1. The third-order valence-electron chi connectivity index (χ3n) is 1.24. The number of halogens is 2. The normalized spacial score (nSPS) is 9.50. The fourth-order valence-corrected chi connectivity index (χ4v) is 2.09. The lowest BCUT2D eigenvalue weighted by Crippen LogP contribution is -1.92. The number of benzene rings is 1. The molecule has 0 aromatic heterocycles. The Morgan fingerprint density at radius 2 is 2.08 bits per heavy atom. The predicted molar refractivity (Wildman–Crippen MR) is 60.8 cm³/mol. The Morgan fingerprint density at radius 3 is 2.67 bits per heavy atom. The summed E-state index contributed by atoms with van der Waals surface area (Å²) in [5.74, 6) is 0.152. The van der Waals surface area contributed by atoms with Crippen LogP contribution in [0.15, 0.2) is 21.1 Å². The van der Waals surface area contributed by atoms with Gasteiger partial charge in [0.25, 0.3) is 0 Å². The van der Waals surface area contributed by atoms with E-state index in [9.17, 15) is 5.11 Å².